The predicted molar refractivity (Wildman–Crippen MR) is 65.3 cm³/mol. The quantitative estimate of drug-likeness (QED) is 0.799. The van der Waals surface area contributed by atoms with Crippen molar-refractivity contribution in [2.24, 2.45) is 0 Å². The molecule has 2 N–H and O–H groups in total. The topological polar surface area (TPSA) is 69.6 Å². The molecule has 0 amide bonds. The van der Waals surface area contributed by atoms with Crippen LogP contribution < -0.4 is 5.73 Å². The van der Waals surface area contributed by atoms with Crippen molar-refractivity contribution >= 4 is 5.69 Å². The van der Waals surface area contributed by atoms with Gasteiger partial charge in [-0.25, -0.2) is 4.68 Å². The number of nitrogens with two attached hydrogens (primary N) is 1. The van der Waals surface area contributed by atoms with Crippen molar-refractivity contribution in [3.63, 3.8) is 0 Å². The van der Waals surface area contributed by atoms with Crippen LogP contribution in [-0.2, 0) is 0 Å². The summed E-state index contributed by atoms with van der Waals surface area (Å²) in [6.07, 6.45) is 3.60. The number of tetrazole rings is 1. The summed E-state index contributed by atoms with van der Waals surface area (Å²) in [7, 11) is 0. The van der Waals surface area contributed by atoms with Crippen LogP contribution in [0.3, 0.4) is 0 Å². The molecule has 0 spiro atoms. The minimum absolute atomic E-state index is 0.461. The lowest BCUT2D eigenvalue weighted by Crippen LogP contribution is -2.19. The molecule has 1 saturated carbocycles. The highest BCUT2D eigenvalue weighted by molar-refractivity contribution is 5.63. The van der Waals surface area contributed by atoms with Crippen LogP contribution in [0, 0.1) is 6.92 Å². The van der Waals surface area contributed by atoms with Crippen LogP contribution in [0.1, 0.15) is 30.9 Å². The molecular formula is C12H15N5. The highest BCUT2D eigenvalue weighted by Gasteiger charge is 2.24. The van der Waals surface area contributed by atoms with Gasteiger partial charge in [-0.1, -0.05) is 12.1 Å². The first-order valence-corrected chi connectivity index (χ1v) is 5.90. The first-order chi connectivity index (χ1) is 8.25. The molecule has 1 fully saturated rings. The van der Waals surface area contributed by atoms with E-state index in [1.807, 2.05) is 29.8 Å². The van der Waals surface area contributed by atoms with Gasteiger partial charge in [0, 0.05) is 11.3 Å². The van der Waals surface area contributed by atoms with Crippen LogP contribution in [-0.4, -0.2) is 20.2 Å². The molecule has 0 radical (unpaired) electrons. The number of rotatable bonds is 2. The fraction of sp³-hybridized carbons (Fsp3) is 0.417. The second-order valence-corrected chi connectivity index (χ2v) is 4.60. The molecule has 1 aromatic carbocycles. The summed E-state index contributed by atoms with van der Waals surface area (Å²) >= 11 is 0. The van der Waals surface area contributed by atoms with E-state index in [4.69, 9.17) is 5.73 Å². The van der Waals surface area contributed by atoms with Gasteiger partial charge in [-0.2, -0.15) is 0 Å². The smallest absolute Gasteiger partial charge is 0.182 e. The van der Waals surface area contributed by atoms with E-state index in [0.29, 0.717) is 6.04 Å². The maximum absolute atomic E-state index is 5.92. The van der Waals surface area contributed by atoms with E-state index >= 15 is 0 Å². The lowest BCUT2D eigenvalue weighted by molar-refractivity contribution is 0.287. The Morgan fingerprint density at radius 2 is 2.18 bits per heavy atom. The van der Waals surface area contributed by atoms with Crippen molar-refractivity contribution in [2.45, 2.75) is 32.2 Å². The molecule has 2 aromatic rings. The average Bonchev–Trinajstić information content (AvgIpc) is 2.68. The van der Waals surface area contributed by atoms with Gasteiger partial charge in [0.2, 0.25) is 0 Å². The fourth-order valence-electron chi connectivity index (χ4n) is 2.04. The Morgan fingerprint density at radius 3 is 2.82 bits per heavy atom. The van der Waals surface area contributed by atoms with E-state index in [-0.39, 0.29) is 0 Å². The summed E-state index contributed by atoms with van der Waals surface area (Å²) in [6.45, 7) is 1.99. The van der Waals surface area contributed by atoms with Crippen LogP contribution >= 0.6 is 0 Å². The van der Waals surface area contributed by atoms with Gasteiger partial charge in [-0.3, -0.25) is 0 Å². The minimum Gasteiger partial charge on any atom is -0.398 e. The Bertz CT molecular complexity index is 542. The fourth-order valence-corrected chi connectivity index (χ4v) is 2.04. The third-order valence-corrected chi connectivity index (χ3v) is 3.45. The molecule has 1 aromatic heterocycles. The first-order valence-electron chi connectivity index (χ1n) is 5.90. The summed E-state index contributed by atoms with van der Waals surface area (Å²) in [4.78, 5) is 0. The summed E-state index contributed by atoms with van der Waals surface area (Å²) in [6, 6.07) is 6.43. The standard InChI is InChI=1S/C12H15N5/c1-8-5-6-9(7-11(8)13)12-14-15-16-17(12)10-3-2-4-10/h5-7,10H,2-4,13H2,1H3. The van der Waals surface area contributed by atoms with Crippen molar-refractivity contribution in [3.05, 3.63) is 23.8 Å². The van der Waals surface area contributed by atoms with E-state index in [1.165, 1.54) is 19.3 Å². The molecule has 0 aliphatic heterocycles. The van der Waals surface area contributed by atoms with Crippen molar-refractivity contribution in [3.8, 4) is 11.4 Å². The van der Waals surface area contributed by atoms with Crippen molar-refractivity contribution in [2.75, 3.05) is 5.73 Å². The number of aromatic nitrogens is 4. The molecule has 0 unspecified atom stereocenters. The van der Waals surface area contributed by atoms with Crippen molar-refractivity contribution in [1.82, 2.24) is 20.2 Å². The molecule has 1 aliphatic carbocycles. The molecule has 17 heavy (non-hydrogen) atoms. The lowest BCUT2D eigenvalue weighted by Gasteiger charge is -2.25. The van der Waals surface area contributed by atoms with Crippen LogP contribution in [0.2, 0.25) is 0 Å². The monoisotopic (exact) mass is 229 g/mol. The van der Waals surface area contributed by atoms with E-state index in [9.17, 15) is 0 Å². The van der Waals surface area contributed by atoms with Gasteiger partial charge >= 0.3 is 0 Å². The Hall–Kier alpha value is -1.91. The molecule has 1 aliphatic rings. The summed E-state index contributed by atoms with van der Waals surface area (Å²) in [5.74, 6) is 0.821. The predicted octanol–water partition coefficient (Wildman–Crippen LogP) is 1.96. The summed E-state index contributed by atoms with van der Waals surface area (Å²) in [5.41, 5.74) is 8.78. The van der Waals surface area contributed by atoms with Gasteiger partial charge in [0.25, 0.3) is 0 Å². The number of hydrogen-bond donors (Lipinski definition) is 1. The second kappa shape index (κ2) is 3.84. The van der Waals surface area contributed by atoms with E-state index in [0.717, 1.165) is 22.6 Å². The number of hydrogen-bond acceptors (Lipinski definition) is 4. The molecule has 0 saturated heterocycles. The maximum atomic E-state index is 5.92. The van der Waals surface area contributed by atoms with Crippen LogP contribution in [0.15, 0.2) is 18.2 Å². The molecule has 0 bridgehead atoms. The normalized spacial score (nSPS) is 15.8. The van der Waals surface area contributed by atoms with Gasteiger partial charge in [0.1, 0.15) is 0 Å². The van der Waals surface area contributed by atoms with Gasteiger partial charge < -0.3 is 5.73 Å². The molecular weight excluding hydrogens is 214 g/mol. The Labute approximate surface area is 99.6 Å². The number of anilines is 1. The summed E-state index contributed by atoms with van der Waals surface area (Å²) in [5, 5.41) is 12.0. The van der Waals surface area contributed by atoms with Gasteiger partial charge in [-0.05, 0) is 48.2 Å². The zero-order chi connectivity index (χ0) is 11.8. The number of nitrogens with zero attached hydrogens (tertiary/aromatic N) is 4. The average molecular weight is 229 g/mol. The zero-order valence-corrected chi connectivity index (χ0v) is 9.80. The molecule has 5 nitrogen and oxygen atoms in total. The van der Waals surface area contributed by atoms with Crippen LogP contribution in [0.4, 0.5) is 5.69 Å². The van der Waals surface area contributed by atoms with Crippen LogP contribution in [0.5, 0.6) is 0 Å². The van der Waals surface area contributed by atoms with E-state index in [2.05, 4.69) is 15.5 Å². The minimum atomic E-state index is 0.461. The van der Waals surface area contributed by atoms with Gasteiger partial charge in [0.15, 0.2) is 5.82 Å². The van der Waals surface area contributed by atoms with Crippen molar-refractivity contribution < 1.29 is 0 Å². The highest BCUT2D eigenvalue weighted by Crippen LogP contribution is 2.33. The van der Waals surface area contributed by atoms with Gasteiger partial charge in [0.05, 0.1) is 6.04 Å². The molecule has 5 heteroatoms. The first kappa shape index (κ1) is 10.3. The Kier molecular flexibility index (Phi) is 2.31. The maximum Gasteiger partial charge on any atom is 0.182 e. The largest absolute Gasteiger partial charge is 0.398 e. The highest BCUT2D eigenvalue weighted by atomic mass is 15.6. The van der Waals surface area contributed by atoms with Crippen molar-refractivity contribution in [1.29, 1.82) is 0 Å². The lowest BCUT2D eigenvalue weighted by atomic mass is 9.93. The molecule has 0 atom stereocenters. The van der Waals surface area contributed by atoms with E-state index in [1.54, 1.807) is 0 Å². The second-order valence-electron chi connectivity index (χ2n) is 4.60. The van der Waals surface area contributed by atoms with Crippen LogP contribution in [0.25, 0.3) is 11.4 Å². The van der Waals surface area contributed by atoms with Gasteiger partial charge in [-0.15, -0.1) is 5.10 Å². The third kappa shape index (κ3) is 1.67. The SMILES string of the molecule is Cc1ccc(-c2nnnn2C2CCC2)cc1N. The third-order valence-electron chi connectivity index (χ3n) is 3.45. The molecule has 1 heterocycles. The Balaban J connectivity index is 2.02. The van der Waals surface area contributed by atoms with E-state index < -0.39 is 0 Å². The zero-order valence-electron chi connectivity index (χ0n) is 9.80. The molecule has 3 rings (SSSR count). The number of benzene rings is 1. The number of aryl methyl sites for hydroxylation is 1. The number of nitrogen functional groups attached to an aromatic ring is 1. The molecule has 88 valence electrons. The Morgan fingerprint density at radius 1 is 1.35 bits per heavy atom. The summed E-state index contributed by atoms with van der Waals surface area (Å²) < 4.78 is 1.92.